The Bertz CT molecular complexity index is 1190. The zero-order valence-corrected chi connectivity index (χ0v) is 18.4. The second-order valence-corrected chi connectivity index (χ2v) is 7.94. The largest absolute Gasteiger partial charge is 0.330 e. The lowest BCUT2D eigenvalue weighted by Crippen LogP contribution is -2.19. The lowest BCUT2D eigenvalue weighted by molar-refractivity contribution is 0.586. The quantitative estimate of drug-likeness (QED) is 0.364. The Morgan fingerprint density at radius 3 is 2.52 bits per heavy atom. The van der Waals surface area contributed by atoms with Crippen molar-refractivity contribution < 1.29 is 4.39 Å². The SMILES string of the molecule is Fc1cccc(Cl)c1Cn1cc(Cl)c(NC(=S)Nc2cnn(Cc3ccccc3)c2)n1. The summed E-state index contributed by atoms with van der Waals surface area (Å²) in [6, 6.07) is 14.5. The molecule has 6 nitrogen and oxygen atoms in total. The Kier molecular flexibility index (Phi) is 6.50. The van der Waals surface area contributed by atoms with Crippen molar-refractivity contribution in [2.24, 2.45) is 0 Å². The molecule has 0 saturated heterocycles. The molecule has 0 spiro atoms. The standard InChI is InChI=1S/C21H17Cl2FN6S/c22-17-7-4-8-19(24)16(17)12-30-13-18(23)20(28-30)27-21(31)26-15-9-25-29(11-15)10-14-5-2-1-3-6-14/h1-9,11,13H,10,12H2,(H2,26,27,28,31). The van der Waals surface area contributed by atoms with Gasteiger partial charge in [0.1, 0.15) is 10.8 Å². The third kappa shape index (κ3) is 5.41. The number of rotatable bonds is 6. The summed E-state index contributed by atoms with van der Waals surface area (Å²) in [4.78, 5) is 0. The molecule has 0 bridgehead atoms. The first-order valence-corrected chi connectivity index (χ1v) is 10.4. The number of nitrogens with zero attached hydrogens (tertiary/aromatic N) is 4. The van der Waals surface area contributed by atoms with E-state index in [0.29, 0.717) is 33.1 Å². The van der Waals surface area contributed by atoms with E-state index in [-0.39, 0.29) is 6.54 Å². The van der Waals surface area contributed by atoms with Gasteiger partial charge in [-0.3, -0.25) is 9.36 Å². The summed E-state index contributed by atoms with van der Waals surface area (Å²) in [5, 5.41) is 15.6. The zero-order valence-electron chi connectivity index (χ0n) is 16.1. The summed E-state index contributed by atoms with van der Waals surface area (Å²) < 4.78 is 17.3. The van der Waals surface area contributed by atoms with Crippen molar-refractivity contribution in [1.29, 1.82) is 0 Å². The highest BCUT2D eigenvalue weighted by molar-refractivity contribution is 7.80. The van der Waals surface area contributed by atoms with Gasteiger partial charge in [-0.25, -0.2) is 4.39 Å². The molecule has 0 unspecified atom stereocenters. The number of hydrogen-bond acceptors (Lipinski definition) is 3. The summed E-state index contributed by atoms with van der Waals surface area (Å²) >= 11 is 17.7. The summed E-state index contributed by atoms with van der Waals surface area (Å²) in [6.07, 6.45) is 5.10. The molecule has 31 heavy (non-hydrogen) atoms. The smallest absolute Gasteiger partial charge is 0.176 e. The number of anilines is 2. The van der Waals surface area contributed by atoms with Gasteiger partial charge in [0.2, 0.25) is 0 Å². The Labute approximate surface area is 193 Å². The van der Waals surface area contributed by atoms with Gasteiger partial charge in [-0.15, -0.1) is 0 Å². The van der Waals surface area contributed by atoms with Gasteiger partial charge < -0.3 is 10.6 Å². The molecule has 4 aromatic rings. The van der Waals surface area contributed by atoms with Crippen LogP contribution in [-0.4, -0.2) is 24.7 Å². The van der Waals surface area contributed by atoms with Crippen LogP contribution in [0.5, 0.6) is 0 Å². The molecular weight excluding hydrogens is 458 g/mol. The Morgan fingerprint density at radius 1 is 0.935 bits per heavy atom. The first-order valence-electron chi connectivity index (χ1n) is 9.28. The van der Waals surface area contributed by atoms with E-state index in [1.165, 1.54) is 10.7 Å². The van der Waals surface area contributed by atoms with Crippen molar-refractivity contribution in [3.8, 4) is 0 Å². The molecule has 2 heterocycles. The third-order valence-electron chi connectivity index (χ3n) is 4.41. The van der Waals surface area contributed by atoms with Crippen LogP contribution in [0.25, 0.3) is 0 Å². The molecule has 0 saturated carbocycles. The average molecular weight is 475 g/mol. The minimum absolute atomic E-state index is 0.138. The number of thiocarbonyl (C=S) groups is 1. The predicted molar refractivity (Wildman–Crippen MR) is 125 cm³/mol. The maximum absolute atomic E-state index is 14.0. The summed E-state index contributed by atoms with van der Waals surface area (Å²) in [5.41, 5.74) is 2.20. The fourth-order valence-electron chi connectivity index (χ4n) is 2.96. The van der Waals surface area contributed by atoms with Gasteiger partial charge in [-0.1, -0.05) is 59.6 Å². The maximum Gasteiger partial charge on any atom is 0.176 e. The number of halogens is 3. The van der Waals surface area contributed by atoms with Crippen molar-refractivity contribution in [1.82, 2.24) is 19.6 Å². The molecular formula is C21H17Cl2FN6S. The van der Waals surface area contributed by atoms with Crippen molar-refractivity contribution in [2.75, 3.05) is 10.6 Å². The molecule has 2 aromatic heterocycles. The fourth-order valence-corrected chi connectivity index (χ4v) is 3.60. The molecule has 4 rings (SSSR count). The molecule has 0 fully saturated rings. The van der Waals surface area contributed by atoms with E-state index in [0.717, 1.165) is 11.3 Å². The number of aromatic nitrogens is 4. The molecule has 0 amide bonds. The number of benzene rings is 2. The topological polar surface area (TPSA) is 59.7 Å². The van der Waals surface area contributed by atoms with Crippen LogP contribution in [-0.2, 0) is 13.1 Å². The molecule has 0 aliphatic rings. The lowest BCUT2D eigenvalue weighted by atomic mass is 10.2. The van der Waals surface area contributed by atoms with E-state index >= 15 is 0 Å². The van der Waals surface area contributed by atoms with E-state index in [1.54, 1.807) is 29.2 Å². The fraction of sp³-hybridized carbons (Fsp3) is 0.0952. The van der Waals surface area contributed by atoms with E-state index in [1.807, 2.05) is 36.5 Å². The van der Waals surface area contributed by atoms with Crippen LogP contribution >= 0.6 is 35.4 Å². The molecule has 2 aromatic carbocycles. The van der Waals surface area contributed by atoms with E-state index in [4.69, 9.17) is 35.4 Å². The van der Waals surface area contributed by atoms with Crippen molar-refractivity contribution >= 4 is 52.0 Å². The minimum atomic E-state index is -0.404. The van der Waals surface area contributed by atoms with Gasteiger partial charge in [0, 0.05) is 23.0 Å². The Hall–Kier alpha value is -2.94. The molecule has 158 valence electrons. The van der Waals surface area contributed by atoms with Crippen LogP contribution in [0.15, 0.2) is 67.1 Å². The lowest BCUT2D eigenvalue weighted by Gasteiger charge is -2.07. The molecule has 0 radical (unpaired) electrons. The highest BCUT2D eigenvalue weighted by atomic mass is 35.5. The summed E-state index contributed by atoms with van der Waals surface area (Å²) in [6.45, 7) is 0.789. The van der Waals surface area contributed by atoms with Crippen LogP contribution in [0.2, 0.25) is 10.0 Å². The summed E-state index contributed by atoms with van der Waals surface area (Å²) in [7, 11) is 0. The van der Waals surface area contributed by atoms with Crippen LogP contribution in [0, 0.1) is 5.82 Å². The van der Waals surface area contributed by atoms with Crippen molar-refractivity contribution in [3.05, 3.63) is 94.1 Å². The van der Waals surface area contributed by atoms with E-state index in [9.17, 15) is 4.39 Å². The highest BCUT2D eigenvalue weighted by Crippen LogP contribution is 2.24. The van der Waals surface area contributed by atoms with E-state index < -0.39 is 5.82 Å². The van der Waals surface area contributed by atoms with Gasteiger partial charge in [0.15, 0.2) is 10.9 Å². The third-order valence-corrected chi connectivity index (χ3v) is 5.24. The van der Waals surface area contributed by atoms with Gasteiger partial charge in [-0.05, 0) is 29.9 Å². The minimum Gasteiger partial charge on any atom is -0.330 e. The number of hydrogen-bond donors (Lipinski definition) is 2. The maximum atomic E-state index is 14.0. The molecule has 0 aliphatic carbocycles. The predicted octanol–water partition coefficient (Wildman–Crippen LogP) is 5.43. The molecule has 10 heteroatoms. The summed E-state index contributed by atoms with van der Waals surface area (Å²) in [5.74, 6) is -0.0540. The molecule has 0 atom stereocenters. The van der Waals surface area contributed by atoms with Crippen LogP contribution in [0.4, 0.5) is 15.9 Å². The van der Waals surface area contributed by atoms with Gasteiger partial charge in [0.05, 0.1) is 25.0 Å². The van der Waals surface area contributed by atoms with Gasteiger partial charge in [0.25, 0.3) is 0 Å². The Balaban J connectivity index is 1.38. The average Bonchev–Trinajstić information content (AvgIpc) is 3.31. The van der Waals surface area contributed by atoms with Crippen molar-refractivity contribution in [2.45, 2.75) is 13.1 Å². The second-order valence-electron chi connectivity index (χ2n) is 6.71. The van der Waals surface area contributed by atoms with Crippen LogP contribution in [0.1, 0.15) is 11.1 Å². The zero-order chi connectivity index (χ0) is 21.8. The second kappa shape index (κ2) is 9.47. The normalized spacial score (nSPS) is 10.8. The van der Waals surface area contributed by atoms with E-state index in [2.05, 4.69) is 20.8 Å². The van der Waals surface area contributed by atoms with Crippen LogP contribution in [0.3, 0.4) is 0 Å². The molecule has 0 aliphatic heterocycles. The molecule has 2 N–H and O–H groups in total. The first kappa shape index (κ1) is 21.3. The van der Waals surface area contributed by atoms with Gasteiger partial charge >= 0.3 is 0 Å². The van der Waals surface area contributed by atoms with Crippen LogP contribution < -0.4 is 10.6 Å². The Morgan fingerprint density at radius 2 is 1.74 bits per heavy atom. The monoisotopic (exact) mass is 474 g/mol. The van der Waals surface area contributed by atoms with Crippen molar-refractivity contribution in [3.63, 3.8) is 0 Å². The number of nitrogens with one attached hydrogen (secondary N) is 2. The first-order chi connectivity index (χ1) is 15.0. The highest BCUT2D eigenvalue weighted by Gasteiger charge is 2.13. The van der Waals surface area contributed by atoms with Gasteiger partial charge in [-0.2, -0.15) is 10.2 Å².